The molecule has 0 aromatic heterocycles. The average molecular weight is 217 g/mol. The van der Waals surface area contributed by atoms with Crippen molar-refractivity contribution in [3.63, 3.8) is 0 Å². The van der Waals surface area contributed by atoms with Crippen molar-refractivity contribution in [1.82, 2.24) is 0 Å². The fourth-order valence-electron chi connectivity index (χ4n) is 1.14. The summed E-state index contributed by atoms with van der Waals surface area (Å²) >= 11 is 11.5. The first-order valence-corrected chi connectivity index (χ1v) is 5.44. The molecule has 0 heterocycles. The first-order valence-electron chi connectivity index (χ1n) is 4.53. The van der Waals surface area contributed by atoms with Crippen LogP contribution in [0.3, 0.4) is 0 Å². The number of aryl methyl sites for hydroxylation is 1. The van der Waals surface area contributed by atoms with E-state index >= 15 is 0 Å². The highest BCUT2D eigenvalue weighted by Gasteiger charge is 2.00. The number of benzene rings is 1. The van der Waals surface area contributed by atoms with E-state index in [4.69, 9.17) is 23.2 Å². The summed E-state index contributed by atoms with van der Waals surface area (Å²) in [4.78, 5) is 0. The van der Waals surface area contributed by atoms with Crippen molar-refractivity contribution < 1.29 is 0 Å². The van der Waals surface area contributed by atoms with E-state index in [2.05, 4.69) is 19.1 Å². The van der Waals surface area contributed by atoms with Gasteiger partial charge in [-0.2, -0.15) is 0 Å². The molecular formula is C11H14Cl2. The van der Waals surface area contributed by atoms with Crippen LogP contribution in [0.25, 0.3) is 0 Å². The highest BCUT2D eigenvalue weighted by molar-refractivity contribution is 6.30. The maximum absolute atomic E-state index is 5.78. The first kappa shape index (κ1) is 10.9. The zero-order valence-corrected chi connectivity index (χ0v) is 9.28. The lowest BCUT2D eigenvalue weighted by Gasteiger charge is -2.06. The molecule has 13 heavy (non-hydrogen) atoms. The zero-order valence-electron chi connectivity index (χ0n) is 7.76. The number of rotatable bonds is 4. The van der Waals surface area contributed by atoms with Crippen LogP contribution < -0.4 is 0 Å². The molecule has 0 spiro atoms. The Labute approximate surface area is 89.9 Å². The van der Waals surface area contributed by atoms with Gasteiger partial charge in [-0.3, -0.25) is 0 Å². The van der Waals surface area contributed by atoms with Crippen molar-refractivity contribution in [3.05, 3.63) is 34.9 Å². The van der Waals surface area contributed by atoms with Crippen molar-refractivity contribution in [2.75, 3.05) is 5.88 Å². The van der Waals surface area contributed by atoms with E-state index in [1.807, 2.05) is 12.1 Å². The van der Waals surface area contributed by atoms with Gasteiger partial charge in [0.1, 0.15) is 0 Å². The normalized spacial score (nSPS) is 12.8. The van der Waals surface area contributed by atoms with Crippen LogP contribution in [0.5, 0.6) is 0 Å². The second-order valence-corrected chi connectivity index (χ2v) is 4.17. The highest BCUT2D eigenvalue weighted by Crippen LogP contribution is 2.13. The molecule has 0 N–H and O–H groups in total. The standard InChI is InChI=1S/C11H14Cl2/c1-9(8-12)2-3-10-4-6-11(13)7-5-10/h4-7,9H,2-3,8H2,1H3. The van der Waals surface area contributed by atoms with Crippen molar-refractivity contribution in [3.8, 4) is 0 Å². The van der Waals surface area contributed by atoms with Crippen LogP contribution in [0, 0.1) is 5.92 Å². The van der Waals surface area contributed by atoms with Crippen LogP contribution in [0.1, 0.15) is 18.9 Å². The summed E-state index contributed by atoms with van der Waals surface area (Å²) in [6, 6.07) is 8.01. The molecule has 0 fully saturated rings. The van der Waals surface area contributed by atoms with Gasteiger partial charge in [0, 0.05) is 10.9 Å². The molecule has 0 saturated heterocycles. The Morgan fingerprint density at radius 2 is 1.85 bits per heavy atom. The molecule has 0 amide bonds. The number of hydrogen-bond donors (Lipinski definition) is 0. The molecule has 0 aliphatic heterocycles. The second-order valence-electron chi connectivity index (χ2n) is 3.42. The first-order chi connectivity index (χ1) is 6.22. The van der Waals surface area contributed by atoms with Crippen molar-refractivity contribution >= 4 is 23.2 Å². The predicted molar refractivity (Wildman–Crippen MR) is 59.7 cm³/mol. The lowest BCUT2D eigenvalue weighted by molar-refractivity contribution is 0.593. The van der Waals surface area contributed by atoms with Gasteiger partial charge < -0.3 is 0 Å². The Balaban J connectivity index is 2.41. The molecule has 2 heteroatoms. The van der Waals surface area contributed by atoms with E-state index in [-0.39, 0.29) is 0 Å². The minimum atomic E-state index is 0.595. The third-order valence-corrected chi connectivity index (χ3v) is 2.88. The smallest absolute Gasteiger partial charge is 0.0406 e. The van der Waals surface area contributed by atoms with Gasteiger partial charge >= 0.3 is 0 Å². The van der Waals surface area contributed by atoms with E-state index in [9.17, 15) is 0 Å². The van der Waals surface area contributed by atoms with Gasteiger partial charge in [0.15, 0.2) is 0 Å². The maximum Gasteiger partial charge on any atom is 0.0406 e. The van der Waals surface area contributed by atoms with Gasteiger partial charge in [0.25, 0.3) is 0 Å². The predicted octanol–water partition coefficient (Wildman–Crippen LogP) is 4.15. The molecule has 0 aliphatic carbocycles. The molecule has 1 aromatic rings. The highest BCUT2D eigenvalue weighted by atomic mass is 35.5. The van der Waals surface area contributed by atoms with Crippen LogP contribution in [-0.2, 0) is 6.42 Å². The van der Waals surface area contributed by atoms with E-state index in [0.29, 0.717) is 5.92 Å². The third-order valence-electron chi connectivity index (χ3n) is 2.10. The zero-order chi connectivity index (χ0) is 9.68. The Hall–Kier alpha value is -0.200. The van der Waals surface area contributed by atoms with Crippen LogP contribution in [0.4, 0.5) is 0 Å². The van der Waals surface area contributed by atoms with Gasteiger partial charge in [-0.25, -0.2) is 0 Å². The maximum atomic E-state index is 5.78. The Bertz CT molecular complexity index is 241. The third kappa shape index (κ3) is 4.02. The van der Waals surface area contributed by atoms with E-state index in [1.54, 1.807) is 0 Å². The van der Waals surface area contributed by atoms with Crippen LogP contribution in [-0.4, -0.2) is 5.88 Å². The van der Waals surface area contributed by atoms with Crippen molar-refractivity contribution in [1.29, 1.82) is 0 Å². The topological polar surface area (TPSA) is 0 Å². The minimum Gasteiger partial charge on any atom is -0.126 e. The molecule has 1 aromatic carbocycles. The largest absolute Gasteiger partial charge is 0.126 e. The van der Waals surface area contributed by atoms with Crippen molar-refractivity contribution in [2.24, 2.45) is 5.92 Å². The Morgan fingerprint density at radius 3 is 2.38 bits per heavy atom. The molecule has 1 atom stereocenters. The molecule has 0 bridgehead atoms. The van der Waals surface area contributed by atoms with Gasteiger partial charge in [-0.1, -0.05) is 30.7 Å². The van der Waals surface area contributed by atoms with Crippen LogP contribution in [0.15, 0.2) is 24.3 Å². The van der Waals surface area contributed by atoms with E-state index < -0.39 is 0 Å². The molecule has 0 radical (unpaired) electrons. The molecule has 0 aliphatic rings. The summed E-state index contributed by atoms with van der Waals surface area (Å²) < 4.78 is 0. The quantitative estimate of drug-likeness (QED) is 0.664. The monoisotopic (exact) mass is 216 g/mol. The number of alkyl halides is 1. The fourth-order valence-corrected chi connectivity index (χ4v) is 1.42. The minimum absolute atomic E-state index is 0.595. The molecule has 0 saturated carbocycles. The summed E-state index contributed by atoms with van der Waals surface area (Å²) in [5.74, 6) is 1.34. The number of halogens is 2. The Morgan fingerprint density at radius 1 is 1.23 bits per heavy atom. The van der Waals surface area contributed by atoms with E-state index in [0.717, 1.165) is 23.7 Å². The lowest BCUT2D eigenvalue weighted by Crippen LogP contribution is -1.98. The summed E-state index contributed by atoms with van der Waals surface area (Å²) in [5, 5.41) is 0.800. The van der Waals surface area contributed by atoms with E-state index in [1.165, 1.54) is 5.56 Å². The van der Waals surface area contributed by atoms with Gasteiger partial charge in [0.2, 0.25) is 0 Å². The van der Waals surface area contributed by atoms with Gasteiger partial charge in [-0.05, 0) is 36.5 Å². The summed E-state index contributed by atoms with van der Waals surface area (Å²) in [6.07, 6.45) is 2.23. The molecular weight excluding hydrogens is 203 g/mol. The summed E-state index contributed by atoms with van der Waals surface area (Å²) in [6.45, 7) is 2.17. The lowest BCUT2D eigenvalue weighted by atomic mass is 10.0. The molecule has 1 unspecified atom stereocenters. The number of hydrogen-bond acceptors (Lipinski definition) is 0. The molecule has 0 nitrogen and oxygen atoms in total. The van der Waals surface area contributed by atoms with Gasteiger partial charge in [-0.15, -0.1) is 11.6 Å². The summed E-state index contributed by atoms with van der Waals surface area (Å²) in [7, 11) is 0. The van der Waals surface area contributed by atoms with Crippen LogP contribution in [0.2, 0.25) is 5.02 Å². The molecule has 1 rings (SSSR count). The van der Waals surface area contributed by atoms with Gasteiger partial charge in [0.05, 0.1) is 0 Å². The average Bonchev–Trinajstić information content (AvgIpc) is 2.16. The summed E-state index contributed by atoms with van der Waals surface area (Å²) in [5.41, 5.74) is 1.33. The second kappa shape index (κ2) is 5.51. The SMILES string of the molecule is CC(CCl)CCc1ccc(Cl)cc1. The fraction of sp³-hybridized carbons (Fsp3) is 0.455. The molecule has 72 valence electrons. The van der Waals surface area contributed by atoms with Crippen molar-refractivity contribution in [2.45, 2.75) is 19.8 Å². The Kier molecular flexibility index (Phi) is 4.61. The van der Waals surface area contributed by atoms with Crippen LogP contribution >= 0.6 is 23.2 Å².